The highest BCUT2D eigenvalue weighted by Crippen LogP contribution is 2.32. The molecule has 0 aliphatic heterocycles. The van der Waals surface area contributed by atoms with Crippen LogP contribution >= 0.6 is 11.3 Å². The van der Waals surface area contributed by atoms with Crippen molar-refractivity contribution in [3.63, 3.8) is 0 Å². The molecule has 0 aliphatic carbocycles. The van der Waals surface area contributed by atoms with Crippen molar-refractivity contribution in [2.24, 2.45) is 5.10 Å². The molecule has 4 heteroatoms. The molecule has 0 saturated heterocycles. The Kier molecular flexibility index (Phi) is 5.15. The Morgan fingerprint density at radius 3 is 2.33 bits per heavy atom. The highest BCUT2D eigenvalue weighted by molar-refractivity contribution is 7.22. The SMILES string of the molecule is CC(C)(C)c1ccc2cc(C(C)(C)C)c(/C=N/Nc3nc4ccccc4s3)cc2c1. The van der Waals surface area contributed by atoms with E-state index in [9.17, 15) is 0 Å². The molecule has 1 N–H and O–H groups in total. The molecule has 30 heavy (non-hydrogen) atoms. The molecule has 0 aliphatic rings. The van der Waals surface area contributed by atoms with Gasteiger partial charge in [-0.25, -0.2) is 4.98 Å². The first-order valence-corrected chi connectivity index (χ1v) is 11.2. The van der Waals surface area contributed by atoms with Crippen molar-refractivity contribution in [3.8, 4) is 0 Å². The third-order valence-electron chi connectivity index (χ3n) is 5.34. The number of rotatable bonds is 3. The zero-order valence-electron chi connectivity index (χ0n) is 18.6. The summed E-state index contributed by atoms with van der Waals surface area (Å²) >= 11 is 1.61. The predicted octanol–water partition coefficient (Wildman–Crippen LogP) is 7.49. The maximum Gasteiger partial charge on any atom is 0.204 e. The van der Waals surface area contributed by atoms with Crippen LogP contribution in [0.4, 0.5) is 5.13 Å². The van der Waals surface area contributed by atoms with E-state index in [-0.39, 0.29) is 10.8 Å². The van der Waals surface area contributed by atoms with Crippen molar-refractivity contribution in [1.29, 1.82) is 0 Å². The molecule has 0 radical (unpaired) electrons. The number of nitrogens with one attached hydrogen (secondary N) is 1. The van der Waals surface area contributed by atoms with Crippen LogP contribution in [0.3, 0.4) is 0 Å². The van der Waals surface area contributed by atoms with Gasteiger partial charge in [0.25, 0.3) is 0 Å². The fourth-order valence-corrected chi connectivity index (χ4v) is 4.43. The van der Waals surface area contributed by atoms with Gasteiger partial charge in [-0.15, -0.1) is 0 Å². The lowest BCUT2D eigenvalue weighted by molar-refractivity contribution is 0.589. The molecule has 0 amide bonds. The van der Waals surface area contributed by atoms with Gasteiger partial charge in [-0.05, 0) is 62.6 Å². The molecular formula is C26H29N3S. The number of fused-ring (bicyclic) bond motifs is 2. The van der Waals surface area contributed by atoms with E-state index in [1.165, 1.54) is 21.9 Å². The van der Waals surface area contributed by atoms with Gasteiger partial charge in [-0.3, -0.25) is 5.43 Å². The Morgan fingerprint density at radius 2 is 1.63 bits per heavy atom. The van der Waals surface area contributed by atoms with Crippen molar-refractivity contribution in [2.75, 3.05) is 5.43 Å². The second-order valence-electron chi connectivity index (χ2n) is 9.86. The molecule has 0 unspecified atom stereocenters. The molecule has 3 aromatic carbocycles. The Bertz CT molecular complexity index is 1200. The van der Waals surface area contributed by atoms with Gasteiger partial charge in [0.15, 0.2) is 0 Å². The monoisotopic (exact) mass is 415 g/mol. The van der Waals surface area contributed by atoms with Gasteiger partial charge in [0.2, 0.25) is 5.13 Å². The van der Waals surface area contributed by atoms with Gasteiger partial charge in [0.1, 0.15) is 0 Å². The van der Waals surface area contributed by atoms with Crippen LogP contribution in [0.15, 0.2) is 59.7 Å². The molecule has 0 atom stereocenters. The summed E-state index contributed by atoms with van der Waals surface area (Å²) in [6.07, 6.45) is 1.93. The molecular weight excluding hydrogens is 386 g/mol. The quantitative estimate of drug-likeness (QED) is 0.278. The first-order chi connectivity index (χ1) is 14.1. The number of hydrogen-bond donors (Lipinski definition) is 1. The van der Waals surface area contributed by atoms with E-state index >= 15 is 0 Å². The third kappa shape index (κ3) is 4.24. The zero-order chi connectivity index (χ0) is 21.5. The molecule has 4 aromatic rings. The fourth-order valence-electron chi connectivity index (χ4n) is 3.62. The molecule has 0 saturated carbocycles. The highest BCUT2D eigenvalue weighted by atomic mass is 32.1. The van der Waals surface area contributed by atoms with Crippen LogP contribution in [0.1, 0.15) is 58.2 Å². The molecule has 1 heterocycles. The van der Waals surface area contributed by atoms with Gasteiger partial charge in [0.05, 0.1) is 16.4 Å². The minimum absolute atomic E-state index is 0.0219. The summed E-state index contributed by atoms with van der Waals surface area (Å²) in [6, 6.07) is 19.5. The molecule has 3 nitrogen and oxygen atoms in total. The van der Waals surface area contributed by atoms with Gasteiger partial charge in [-0.1, -0.05) is 83.2 Å². The number of nitrogens with zero attached hydrogens (tertiary/aromatic N) is 2. The Labute approximate surface area is 182 Å². The lowest BCUT2D eigenvalue weighted by Gasteiger charge is -2.24. The van der Waals surface area contributed by atoms with Gasteiger partial charge >= 0.3 is 0 Å². The zero-order valence-corrected chi connectivity index (χ0v) is 19.4. The Hall–Kier alpha value is -2.72. The van der Waals surface area contributed by atoms with Gasteiger partial charge in [0, 0.05) is 0 Å². The second kappa shape index (κ2) is 7.51. The standard InChI is InChI=1S/C26H29N3S/c1-25(2,3)20-12-11-17-15-21(26(4,5)6)19(13-18(17)14-20)16-27-29-24-28-22-9-7-8-10-23(22)30-24/h7-16H,1-6H3,(H,28,29)/b27-16+. The van der Waals surface area contributed by atoms with E-state index in [1.54, 1.807) is 11.3 Å². The van der Waals surface area contributed by atoms with Crippen LogP contribution < -0.4 is 5.43 Å². The molecule has 0 bridgehead atoms. The smallest absolute Gasteiger partial charge is 0.204 e. The van der Waals surface area contributed by atoms with E-state index < -0.39 is 0 Å². The maximum absolute atomic E-state index is 4.60. The number of hydrazone groups is 1. The average molecular weight is 416 g/mol. The lowest BCUT2D eigenvalue weighted by atomic mass is 9.81. The molecule has 154 valence electrons. The molecule has 0 spiro atoms. The van der Waals surface area contributed by atoms with Crippen LogP contribution in [0.5, 0.6) is 0 Å². The normalized spacial score (nSPS) is 12.9. The summed E-state index contributed by atoms with van der Waals surface area (Å²) in [7, 11) is 0. The summed E-state index contributed by atoms with van der Waals surface area (Å²) in [6.45, 7) is 13.5. The third-order valence-corrected chi connectivity index (χ3v) is 6.28. The minimum atomic E-state index is 0.0219. The molecule has 1 aromatic heterocycles. The number of aromatic nitrogens is 1. The Morgan fingerprint density at radius 1 is 0.867 bits per heavy atom. The highest BCUT2D eigenvalue weighted by Gasteiger charge is 2.19. The summed E-state index contributed by atoms with van der Waals surface area (Å²) < 4.78 is 1.16. The average Bonchev–Trinajstić information content (AvgIpc) is 3.08. The van der Waals surface area contributed by atoms with E-state index in [0.717, 1.165) is 20.9 Å². The van der Waals surface area contributed by atoms with Crippen molar-refractivity contribution in [3.05, 3.63) is 71.3 Å². The van der Waals surface area contributed by atoms with Crippen molar-refractivity contribution >= 4 is 43.7 Å². The number of benzene rings is 3. The van der Waals surface area contributed by atoms with Gasteiger partial charge < -0.3 is 0 Å². The number of thiazole rings is 1. The van der Waals surface area contributed by atoms with Crippen LogP contribution in [-0.4, -0.2) is 11.2 Å². The Balaban J connectivity index is 1.71. The maximum atomic E-state index is 4.60. The van der Waals surface area contributed by atoms with Crippen LogP contribution in [0.25, 0.3) is 21.0 Å². The van der Waals surface area contributed by atoms with Crippen molar-refractivity contribution in [1.82, 2.24) is 4.98 Å². The summed E-state index contributed by atoms with van der Waals surface area (Å²) in [5, 5.41) is 7.85. The number of hydrogen-bond acceptors (Lipinski definition) is 4. The summed E-state index contributed by atoms with van der Waals surface area (Å²) in [5.74, 6) is 0. The van der Waals surface area contributed by atoms with Crippen LogP contribution in [0.2, 0.25) is 0 Å². The van der Waals surface area contributed by atoms with Gasteiger partial charge in [-0.2, -0.15) is 5.10 Å². The predicted molar refractivity (Wildman–Crippen MR) is 132 cm³/mol. The second-order valence-corrected chi connectivity index (χ2v) is 10.9. The molecule has 4 rings (SSSR count). The summed E-state index contributed by atoms with van der Waals surface area (Å²) in [5.41, 5.74) is 8.03. The van der Waals surface area contributed by atoms with E-state index in [4.69, 9.17) is 0 Å². The topological polar surface area (TPSA) is 37.3 Å². The van der Waals surface area contributed by atoms with Crippen molar-refractivity contribution < 1.29 is 0 Å². The fraction of sp³-hybridized carbons (Fsp3) is 0.308. The lowest BCUT2D eigenvalue weighted by Crippen LogP contribution is -2.15. The molecule has 0 fully saturated rings. The van der Waals surface area contributed by atoms with Crippen LogP contribution in [0, 0.1) is 0 Å². The van der Waals surface area contributed by atoms with E-state index in [0.29, 0.717) is 0 Å². The first kappa shape index (κ1) is 20.5. The van der Waals surface area contributed by atoms with E-state index in [2.05, 4.69) is 93.5 Å². The van der Waals surface area contributed by atoms with Crippen LogP contribution in [-0.2, 0) is 10.8 Å². The summed E-state index contributed by atoms with van der Waals surface area (Å²) in [4.78, 5) is 4.60. The van der Waals surface area contributed by atoms with Crippen molar-refractivity contribution in [2.45, 2.75) is 52.4 Å². The first-order valence-electron chi connectivity index (χ1n) is 10.3. The number of anilines is 1. The minimum Gasteiger partial charge on any atom is -0.253 e. The number of para-hydroxylation sites is 1. The van der Waals surface area contributed by atoms with E-state index in [1.807, 2.05) is 24.4 Å². The largest absolute Gasteiger partial charge is 0.253 e.